The highest BCUT2D eigenvalue weighted by molar-refractivity contribution is 5.85. The molecule has 1 aromatic carbocycles. The smallest absolute Gasteiger partial charge is 0.241 e. The van der Waals surface area contributed by atoms with Crippen molar-refractivity contribution in [3.05, 3.63) is 35.9 Å². The zero-order chi connectivity index (χ0) is 15.0. The molecule has 0 spiro atoms. The SMILES string of the molecule is CCC1NC(c2ccccc2)N(C2CCCC2(C)C)C1=O. The Hall–Kier alpha value is -1.35. The molecule has 1 aliphatic carbocycles. The second-order valence-corrected chi connectivity index (χ2v) is 7.08. The summed E-state index contributed by atoms with van der Waals surface area (Å²) in [7, 11) is 0. The number of carbonyl (C=O) groups is 1. The molecule has 0 radical (unpaired) electrons. The number of nitrogens with zero attached hydrogens (tertiary/aromatic N) is 1. The Kier molecular flexibility index (Phi) is 3.78. The molecule has 1 N–H and O–H groups in total. The van der Waals surface area contributed by atoms with E-state index in [0.717, 1.165) is 12.8 Å². The summed E-state index contributed by atoms with van der Waals surface area (Å²) in [4.78, 5) is 15.0. The van der Waals surface area contributed by atoms with Gasteiger partial charge in [0.25, 0.3) is 0 Å². The number of rotatable bonds is 3. The largest absolute Gasteiger partial charge is 0.318 e. The Morgan fingerprint density at radius 2 is 2.00 bits per heavy atom. The van der Waals surface area contributed by atoms with Gasteiger partial charge in [-0.2, -0.15) is 0 Å². The van der Waals surface area contributed by atoms with E-state index in [4.69, 9.17) is 0 Å². The van der Waals surface area contributed by atoms with Crippen molar-refractivity contribution in [2.24, 2.45) is 5.41 Å². The van der Waals surface area contributed by atoms with Crippen LogP contribution in [-0.2, 0) is 4.79 Å². The van der Waals surface area contributed by atoms with Gasteiger partial charge in [-0.05, 0) is 30.2 Å². The second-order valence-electron chi connectivity index (χ2n) is 7.08. The number of benzene rings is 1. The monoisotopic (exact) mass is 286 g/mol. The molecule has 1 aliphatic heterocycles. The maximum Gasteiger partial charge on any atom is 0.241 e. The van der Waals surface area contributed by atoms with Gasteiger partial charge in [0.05, 0.1) is 6.04 Å². The van der Waals surface area contributed by atoms with Gasteiger partial charge in [0.1, 0.15) is 6.17 Å². The molecule has 3 rings (SSSR count). The van der Waals surface area contributed by atoms with E-state index in [1.54, 1.807) is 0 Å². The Morgan fingerprint density at radius 3 is 2.57 bits per heavy atom. The lowest BCUT2D eigenvalue weighted by atomic mass is 9.86. The topological polar surface area (TPSA) is 32.3 Å². The molecular weight excluding hydrogens is 260 g/mol. The van der Waals surface area contributed by atoms with Crippen molar-refractivity contribution >= 4 is 5.91 Å². The zero-order valence-corrected chi connectivity index (χ0v) is 13.3. The highest BCUT2D eigenvalue weighted by atomic mass is 16.2. The van der Waals surface area contributed by atoms with E-state index in [0.29, 0.717) is 6.04 Å². The molecule has 0 bridgehead atoms. The summed E-state index contributed by atoms with van der Waals surface area (Å²) in [5, 5.41) is 3.55. The molecule has 114 valence electrons. The van der Waals surface area contributed by atoms with Crippen molar-refractivity contribution in [2.75, 3.05) is 0 Å². The maximum atomic E-state index is 12.9. The molecule has 1 amide bonds. The van der Waals surface area contributed by atoms with Gasteiger partial charge in [-0.15, -0.1) is 0 Å². The van der Waals surface area contributed by atoms with Crippen LogP contribution in [0.25, 0.3) is 0 Å². The van der Waals surface area contributed by atoms with Crippen molar-refractivity contribution < 1.29 is 4.79 Å². The van der Waals surface area contributed by atoms with Gasteiger partial charge in [0.15, 0.2) is 0 Å². The van der Waals surface area contributed by atoms with Crippen LogP contribution in [0.5, 0.6) is 0 Å². The third-order valence-electron chi connectivity index (χ3n) is 5.25. The first kappa shape index (κ1) is 14.6. The van der Waals surface area contributed by atoms with Gasteiger partial charge >= 0.3 is 0 Å². The first-order valence-corrected chi connectivity index (χ1v) is 8.18. The lowest BCUT2D eigenvalue weighted by Gasteiger charge is -2.38. The molecule has 2 aliphatic rings. The van der Waals surface area contributed by atoms with Crippen LogP contribution < -0.4 is 5.32 Å². The highest BCUT2D eigenvalue weighted by Crippen LogP contribution is 2.44. The summed E-state index contributed by atoms with van der Waals surface area (Å²) < 4.78 is 0. The zero-order valence-electron chi connectivity index (χ0n) is 13.3. The summed E-state index contributed by atoms with van der Waals surface area (Å²) in [5.41, 5.74) is 1.41. The predicted octanol–water partition coefficient (Wildman–Crippen LogP) is 3.47. The number of hydrogen-bond donors (Lipinski definition) is 1. The van der Waals surface area contributed by atoms with E-state index in [-0.39, 0.29) is 23.5 Å². The van der Waals surface area contributed by atoms with Crippen LogP contribution in [0.2, 0.25) is 0 Å². The van der Waals surface area contributed by atoms with Gasteiger partial charge in [0.2, 0.25) is 5.91 Å². The van der Waals surface area contributed by atoms with Crippen molar-refractivity contribution in [2.45, 2.75) is 64.7 Å². The van der Waals surface area contributed by atoms with Crippen LogP contribution in [0.1, 0.15) is 58.2 Å². The van der Waals surface area contributed by atoms with Crippen molar-refractivity contribution in [3.8, 4) is 0 Å². The number of carbonyl (C=O) groups excluding carboxylic acids is 1. The molecule has 3 heteroatoms. The Balaban J connectivity index is 1.96. The minimum Gasteiger partial charge on any atom is -0.318 e. The summed E-state index contributed by atoms with van der Waals surface area (Å²) >= 11 is 0. The molecule has 3 unspecified atom stereocenters. The second kappa shape index (κ2) is 5.45. The fraction of sp³-hybridized carbons (Fsp3) is 0.611. The predicted molar refractivity (Wildman–Crippen MR) is 84.7 cm³/mol. The number of nitrogens with one attached hydrogen (secondary N) is 1. The normalized spacial score (nSPS) is 31.9. The Bertz CT molecular complexity index is 511. The third kappa shape index (κ3) is 2.48. The van der Waals surface area contributed by atoms with E-state index in [9.17, 15) is 4.79 Å². The minimum atomic E-state index is -0.0355. The van der Waals surface area contributed by atoms with Gasteiger partial charge < -0.3 is 4.90 Å². The van der Waals surface area contributed by atoms with E-state index >= 15 is 0 Å². The molecule has 1 saturated carbocycles. The van der Waals surface area contributed by atoms with E-state index in [1.165, 1.54) is 18.4 Å². The summed E-state index contributed by atoms with van der Waals surface area (Å²) in [6.07, 6.45) is 4.44. The lowest BCUT2D eigenvalue weighted by Crippen LogP contribution is -2.45. The molecule has 0 aromatic heterocycles. The molecule has 3 nitrogen and oxygen atoms in total. The molecule has 1 aromatic rings. The Morgan fingerprint density at radius 1 is 1.29 bits per heavy atom. The van der Waals surface area contributed by atoms with Crippen LogP contribution in [0.4, 0.5) is 0 Å². The average molecular weight is 286 g/mol. The summed E-state index contributed by atoms with van der Waals surface area (Å²) in [6, 6.07) is 10.7. The van der Waals surface area contributed by atoms with Crippen LogP contribution in [0, 0.1) is 5.41 Å². The quantitative estimate of drug-likeness (QED) is 0.922. The van der Waals surface area contributed by atoms with E-state index < -0.39 is 0 Å². The van der Waals surface area contributed by atoms with Crippen molar-refractivity contribution in [1.29, 1.82) is 0 Å². The van der Waals surface area contributed by atoms with Crippen LogP contribution in [0.3, 0.4) is 0 Å². The van der Waals surface area contributed by atoms with Crippen molar-refractivity contribution in [3.63, 3.8) is 0 Å². The van der Waals surface area contributed by atoms with Crippen LogP contribution >= 0.6 is 0 Å². The fourth-order valence-corrected chi connectivity index (χ4v) is 3.99. The first-order valence-electron chi connectivity index (χ1n) is 8.18. The first-order chi connectivity index (χ1) is 10.0. The third-order valence-corrected chi connectivity index (χ3v) is 5.25. The molecule has 21 heavy (non-hydrogen) atoms. The summed E-state index contributed by atoms with van der Waals surface area (Å²) in [6.45, 7) is 6.69. The molecule has 2 fully saturated rings. The number of amides is 1. The fourth-order valence-electron chi connectivity index (χ4n) is 3.99. The van der Waals surface area contributed by atoms with Crippen LogP contribution in [-0.4, -0.2) is 22.9 Å². The minimum absolute atomic E-state index is 0.0334. The van der Waals surface area contributed by atoms with Crippen molar-refractivity contribution in [1.82, 2.24) is 10.2 Å². The molecule has 1 heterocycles. The maximum absolute atomic E-state index is 12.9. The number of hydrogen-bond acceptors (Lipinski definition) is 2. The standard InChI is InChI=1S/C18H26N2O/c1-4-14-17(21)20(15-11-8-12-18(15,2)3)16(19-14)13-9-6-5-7-10-13/h5-7,9-10,14-16,19H,4,8,11-12H2,1-3H3. The highest BCUT2D eigenvalue weighted by Gasteiger charge is 2.48. The summed E-state index contributed by atoms with van der Waals surface area (Å²) in [5.74, 6) is 0.284. The lowest BCUT2D eigenvalue weighted by molar-refractivity contribution is -0.134. The van der Waals surface area contributed by atoms with E-state index in [1.807, 2.05) is 6.07 Å². The molecule has 1 saturated heterocycles. The van der Waals surface area contributed by atoms with Crippen LogP contribution in [0.15, 0.2) is 30.3 Å². The Labute approximate surface area is 127 Å². The van der Waals surface area contributed by atoms with Gasteiger partial charge in [0, 0.05) is 6.04 Å². The molecule has 3 atom stereocenters. The van der Waals surface area contributed by atoms with Gasteiger partial charge in [-0.25, -0.2) is 0 Å². The van der Waals surface area contributed by atoms with Gasteiger partial charge in [-0.3, -0.25) is 10.1 Å². The van der Waals surface area contributed by atoms with Gasteiger partial charge in [-0.1, -0.05) is 57.5 Å². The van der Waals surface area contributed by atoms with E-state index in [2.05, 4.69) is 55.3 Å². The average Bonchev–Trinajstić information content (AvgIpc) is 2.99. The molecular formula is C18H26N2O.